The standard InChI is InChI=1S/C12H7N3O2/c13-6-1-2-9-3-4-12(15(16)17)11-8-14-7-5-10(9)11/h1-5,7-8H. The van der Waals surface area contributed by atoms with Crippen LogP contribution in [0.3, 0.4) is 0 Å². The number of non-ortho nitro benzene ring substituents is 1. The van der Waals surface area contributed by atoms with Gasteiger partial charge in [0, 0.05) is 24.5 Å². The minimum Gasteiger partial charge on any atom is -0.264 e. The van der Waals surface area contributed by atoms with Gasteiger partial charge in [0.1, 0.15) is 0 Å². The van der Waals surface area contributed by atoms with E-state index >= 15 is 0 Å². The topological polar surface area (TPSA) is 79.8 Å². The lowest BCUT2D eigenvalue weighted by atomic mass is 10.0. The fraction of sp³-hybridized carbons (Fsp3) is 0. The van der Waals surface area contributed by atoms with E-state index < -0.39 is 4.92 Å². The first-order valence-corrected chi connectivity index (χ1v) is 4.81. The van der Waals surface area contributed by atoms with Crippen LogP contribution in [0.4, 0.5) is 5.69 Å². The molecule has 5 heteroatoms. The molecular formula is C12H7N3O2. The molecule has 1 heterocycles. The fourth-order valence-electron chi connectivity index (χ4n) is 1.63. The van der Waals surface area contributed by atoms with E-state index in [1.165, 1.54) is 18.3 Å². The molecule has 0 unspecified atom stereocenters. The molecule has 0 aliphatic heterocycles. The normalized spacial score (nSPS) is 10.5. The number of hydrogen-bond acceptors (Lipinski definition) is 4. The molecule has 5 nitrogen and oxygen atoms in total. The van der Waals surface area contributed by atoms with Crippen molar-refractivity contribution in [3.05, 3.63) is 52.3 Å². The monoisotopic (exact) mass is 225 g/mol. The van der Waals surface area contributed by atoms with Crippen LogP contribution in [0.5, 0.6) is 0 Å². The maximum atomic E-state index is 10.8. The molecule has 0 saturated heterocycles. The first-order chi connectivity index (χ1) is 8.24. The van der Waals surface area contributed by atoms with Crippen molar-refractivity contribution < 1.29 is 4.92 Å². The van der Waals surface area contributed by atoms with Crippen LogP contribution in [0.15, 0.2) is 36.7 Å². The van der Waals surface area contributed by atoms with E-state index in [1.54, 1.807) is 24.4 Å². The van der Waals surface area contributed by atoms with Crippen LogP contribution in [-0.2, 0) is 0 Å². The van der Waals surface area contributed by atoms with Gasteiger partial charge in [-0.05, 0) is 29.2 Å². The summed E-state index contributed by atoms with van der Waals surface area (Å²) < 4.78 is 0. The maximum Gasteiger partial charge on any atom is 0.278 e. The molecule has 0 atom stereocenters. The van der Waals surface area contributed by atoms with Crippen molar-refractivity contribution >= 4 is 22.5 Å². The third kappa shape index (κ3) is 1.96. The average Bonchev–Trinajstić information content (AvgIpc) is 2.35. The lowest BCUT2D eigenvalue weighted by Gasteiger charge is -2.02. The zero-order chi connectivity index (χ0) is 12.3. The maximum absolute atomic E-state index is 10.8. The van der Waals surface area contributed by atoms with Crippen LogP contribution >= 0.6 is 0 Å². The molecule has 0 amide bonds. The van der Waals surface area contributed by atoms with Crippen LogP contribution in [-0.4, -0.2) is 9.91 Å². The summed E-state index contributed by atoms with van der Waals surface area (Å²) in [5, 5.41) is 20.5. The Hall–Kier alpha value is -2.74. The van der Waals surface area contributed by atoms with Crippen LogP contribution < -0.4 is 0 Å². The number of hydrogen-bond donors (Lipinski definition) is 0. The van der Waals surface area contributed by atoms with Gasteiger partial charge in [0.25, 0.3) is 5.69 Å². The second-order valence-corrected chi connectivity index (χ2v) is 3.31. The van der Waals surface area contributed by atoms with Gasteiger partial charge in [-0.2, -0.15) is 5.26 Å². The predicted octanol–water partition coefficient (Wildman–Crippen LogP) is 2.68. The van der Waals surface area contributed by atoms with Gasteiger partial charge >= 0.3 is 0 Å². The predicted molar refractivity (Wildman–Crippen MR) is 63.0 cm³/mol. The molecule has 2 rings (SSSR count). The number of nitro benzene ring substituents is 1. The second-order valence-electron chi connectivity index (χ2n) is 3.31. The third-order valence-electron chi connectivity index (χ3n) is 2.36. The van der Waals surface area contributed by atoms with Gasteiger partial charge in [0.05, 0.1) is 16.4 Å². The van der Waals surface area contributed by atoms with Crippen molar-refractivity contribution in [2.45, 2.75) is 0 Å². The molecule has 0 N–H and O–H groups in total. The summed E-state index contributed by atoms with van der Waals surface area (Å²) in [5.74, 6) is 0. The van der Waals surface area contributed by atoms with E-state index in [9.17, 15) is 10.1 Å². The number of pyridine rings is 1. The Morgan fingerprint density at radius 3 is 2.88 bits per heavy atom. The van der Waals surface area contributed by atoms with Crippen LogP contribution in [0.1, 0.15) is 5.56 Å². The highest BCUT2D eigenvalue weighted by atomic mass is 16.6. The zero-order valence-electron chi connectivity index (χ0n) is 8.70. The Balaban J connectivity index is 2.76. The van der Waals surface area contributed by atoms with Crippen molar-refractivity contribution in [3.63, 3.8) is 0 Å². The number of allylic oxidation sites excluding steroid dienone is 1. The molecule has 0 saturated carbocycles. The smallest absolute Gasteiger partial charge is 0.264 e. The molecule has 0 spiro atoms. The summed E-state index contributed by atoms with van der Waals surface area (Å²) in [5.41, 5.74) is 0.775. The van der Waals surface area contributed by atoms with Crippen molar-refractivity contribution in [2.75, 3.05) is 0 Å². The minimum absolute atomic E-state index is 0.0159. The van der Waals surface area contributed by atoms with Gasteiger partial charge in [-0.25, -0.2) is 0 Å². The first-order valence-electron chi connectivity index (χ1n) is 4.81. The van der Waals surface area contributed by atoms with E-state index in [0.29, 0.717) is 10.8 Å². The Bertz CT molecular complexity index is 656. The van der Waals surface area contributed by atoms with Crippen molar-refractivity contribution in [1.29, 1.82) is 5.26 Å². The number of rotatable bonds is 2. The van der Waals surface area contributed by atoms with Crippen molar-refractivity contribution in [1.82, 2.24) is 4.98 Å². The molecule has 0 aliphatic rings. The summed E-state index contributed by atoms with van der Waals surface area (Å²) >= 11 is 0. The molecule has 0 bridgehead atoms. The summed E-state index contributed by atoms with van der Waals surface area (Å²) in [6.45, 7) is 0. The average molecular weight is 225 g/mol. The fourth-order valence-corrected chi connectivity index (χ4v) is 1.63. The minimum atomic E-state index is -0.443. The lowest BCUT2D eigenvalue weighted by Crippen LogP contribution is -1.91. The molecule has 0 radical (unpaired) electrons. The molecule has 0 aliphatic carbocycles. The third-order valence-corrected chi connectivity index (χ3v) is 2.36. The molecule has 1 aromatic carbocycles. The van der Waals surface area contributed by atoms with Crippen LogP contribution in [0.25, 0.3) is 16.8 Å². The van der Waals surface area contributed by atoms with Crippen molar-refractivity contribution in [3.8, 4) is 6.07 Å². The molecule has 17 heavy (non-hydrogen) atoms. The highest BCUT2D eigenvalue weighted by Crippen LogP contribution is 2.28. The Morgan fingerprint density at radius 1 is 1.35 bits per heavy atom. The number of nitro groups is 1. The van der Waals surface area contributed by atoms with Crippen molar-refractivity contribution in [2.24, 2.45) is 0 Å². The van der Waals surface area contributed by atoms with Crippen LogP contribution in [0.2, 0.25) is 0 Å². The molecule has 0 fully saturated rings. The zero-order valence-corrected chi connectivity index (χ0v) is 8.70. The Morgan fingerprint density at radius 2 is 2.18 bits per heavy atom. The summed E-state index contributed by atoms with van der Waals surface area (Å²) in [7, 11) is 0. The van der Waals surface area contributed by atoms with Crippen LogP contribution in [0, 0.1) is 21.4 Å². The van der Waals surface area contributed by atoms with Gasteiger partial charge in [-0.3, -0.25) is 15.1 Å². The van der Waals surface area contributed by atoms with Gasteiger partial charge in [0.2, 0.25) is 0 Å². The number of fused-ring (bicyclic) bond motifs is 1. The van der Waals surface area contributed by atoms with E-state index in [4.69, 9.17) is 5.26 Å². The summed E-state index contributed by atoms with van der Waals surface area (Å²) in [6, 6.07) is 6.62. The number of nitriles is 1. The Labute approximate surface area is 96.8 Å². The van der Waals surface area contributed by atoms with Gasteiger partial charge in [-0.1, -0.05) is 0 Å². The summed E-state index contributed by atoms with van der Waals surface area (Å²) in [6.07, 6.45) is 5.97. The summed E-state index contributed by atoms with van der Waals surface area (Å²) in [4.78, 5) is 14.3. The van der Waals surface area contributed by atoms with Gasteiger partial charge < -0.3 is 0 Å². The highest BCUT2D eigenvalue weighted by molar-refractivity contribution is 5.96. The lowest BCUT2D eigenvalue weighted by molar-refractivity contribution is -0.383. The SMILES string of the molecule is N#CC=Cc1ccc([N+](=O)[O-])c2cnccc12. The van der Waals surface area contributed by atoms with E-state index in [0.717, 1.165) is 5.56 Å². The number of nitrogens with zero attached hydrogens (tertiary/aromatic N) is 3. The van der Waals surface area contributed by atoms with E-state index in [-0.39, 0.29) is 5.69 Å². The number of aromatic nitrogens is 1. The first kappa shape index (κ1) is 10.8. The molecule has 82 valence electrons. The molecule has 2 aromatic rings. The highest BCUT2D eigenvalue weighted by Gasteiger charge is 2.12. The van der Waals surface area contributed by atoms with E-state index in [2.05, 4.69) is 4.98 Å². The van der Waals surface area contributed by atoms with Gasteiger partial charge in [0.15, 0.2) is 0 Å². The van der Waals surface area contributed by atoms with Gasteiger partial charge in [-0.15, -0.1) is 0 Å². The molecular weight excluding hydrogens is 218 g/mol. The Kier molecular flexibility index (Phi) is 2.79. The number of benzene rings is 1. The second kappa shape index (κ2) is 4.41. The quantitative estimate of drug-likeness (QED) is 0.447. The largest absolute Gasteiger partial charge is 0.278 e. The van der Waals surface area contributed by atoms with E-state index in [1.807, 2.05) is 6.07 Å². The molecule has 1 aromatic heterocycles.